The maximum atomic E-state index is 5.66. The highest BCUT2D eigenvalue weighted by Crippen LogP contribution is 2.13. The molecule has 0 saturated carbocycles. The van der Waals surface area contributed by atoms with Gasteiger partial charge in [-0.25, -0.2) is 0 Å². The number of nitrogens with two attached hydrogens (primary N) is 1. The van der Waals surface area contributed by atoms with Crippen LogP contribution < -0.4 is 5.73 Å². The van der Waals surface area contributed by atoms with E-state index in [0.29, 0.717) is 12.0 Å². The molecule has 2 N–H and O–H groups in total. The molecule has 0 saturated heterocycles. The summed E-state index contributed by atoms with van der Waals surface area (Å²) < 4.78 is 0. The fraction of sp³-hybridized carbons (Fsp3) is 0.636. The lowest BCUT2D eigenvalue weighted by molar-refractivity contribution is 0.195. The summed E-state index contributed by atoms with van der Waals surface area (Å²) in [7, 11) is 2.16. The molecular weight excluding hydrogens is 192 g/mol. The molecular formula is C11H20N2S. The van der Waals surface area contributed by atoms with Crippen molar-refractivity contribution in [1.29, 1.82) is 0 Å². The molecule has 0 radical (unpaired) electrons. The maximum absolute atomic E-state index is 5.66. The quantitative estimate of drug-likeness (QED) is 0.810. The molecule has 0 aliphatic heterocycles. The van der Waals surface area contributed by atoms with Crippen molar-refractivity contribution in [2.24, 2.45) is 11.7 Å². The Morgan fingerprint density at radius 1 is 1.50 bits per heavy atom. The first kappa shape index (κ1) is 11.7. The molecule has 1 aromatic rings. The van der Waals surface area contributed by atoms with Gasteiger partial charge in [0.25, 0.3) is 0 Å². The standard InChI is InChI=1S/C11H20N2S/c1-9(6-12)10(2)13(3)7-11-4-5-14-8-11/h4-5,8-10H,6-7,12H2,1-3H3. The Balaban J connectivity index is 2.45. The predicted molar refractivity (Wildman–Crippen MR) is 63.5 cm³/mol. The van der Waals surface area contributed by atoms with E-state index in [1.807, 2.05) is 0 Å². The van der Waals surface area contributed by atoms with E-state index in [0.717, 1.165) is 13.1 Å². The van der Waals surface area contributed by atoms with Crippen LogP contribution in [0.5, 0.6) is 0 Å². The highest BCUT2D eigenvalue weighted by molar-refractivity contribution is 7.07. The summed E-state index contributed by atoms with van der Waals surface area (Å²) in [6.45, 7) is 6.23. The average molecular weight is 212 g/mol. The van der Waals surface area contributed by atoms with Gasteiger partial charge in [-0.15, -0.1) is 0 Å². The van der Waals surface area contributed by atoms with Crippen molar-refractivity contribution >= 4 is 11.3 Å². The predicted octanol–water partition coefficient (Wildman–Crippen LogP) is 2.16. The van der Waals surface area contributed by atoms with Crippen LogP contribution in [0.15, 0.2) is 16.8 Å². The molecule has 0 spiro atoms. The highest BCUT2D eigenvalue weighted by Gasteiger charge is 2.15. The van der Waals surface area contributed by atoms with Crippen LogP contribution in [0.3, 0.4) is 0 Å². The third kappa shape index (κ3) is 3.08. The van der Waals surface area contributed by atoms with Crippen molar-refractivity contribution in [3.63, 3.8) is 0 Å². The van der Waals surface area contributed by atoms with E-state index < -0.39 is 0 Å². The van der Waals surface area contributed by atoms with Gasteiger partial charge in [0.2, 0.25) is 0 Å². The molecule has 0 fully saturated rings. The van der Waals surface area contributed by atoms with Crippen LogP contribution >= 0.6 is 11.3 Å². The zero-order valence-electron chi connectivity index (χ0n) is 9.23. The van der Waals surface area contributed by atoms with Gasteiger partial charge in [-0.3, -0.25) is 4.90 Å². The second-order valence-corrected chi connectivity index (χ2v) is 4.78. The minimum atomic E-state index is 0.542. The Bertz CT molecular complexity index is 246. The molecule has 0 bridgehead atoms. The molecule has 1 aromatic heterocycles. The summed E-state index contributed by atoms with van der Waals surface area (Å²) in [6.07, 6.45) is 0. The van der Waals surface area contributed by atoms with Gasteiger partial charge >= 0.3 is 0 Å². The van der Waals surface area contributed by atoms with Crippen molar-refractivity contribution in [1.82, 2.24) is 4.90 Å². The van der Waals surface area contributed by atoms with Crippen LogP contribution in [0.25, 0.3) is 0 Å². The van der Waals surface area contributed by atoms with Gasteiger partial charge < -0.3 is 5.73 Å². The summed E-state index contributed by atoms with van der Waals surface area (Å²) in [6, 6.07) is 2.72. The van der Waals surface area contributed by atoms with E-state index in [1.165, 1.54) is 5.56 Å². The second kappa shape index (κ2) is 5.49. The normalized spacial score (nSPS) is 15.8. The molecule has 2 nitrogen and oxygen atoms in total. The largest absolute Gasteiger partial charge is 0.330 e. The molecule has 2 atom stereocenters. The summed E-state index contributed by atoms with van der Waals surface area (Å²) in [5, 5.41) is 4.33. The van der Waals surface area contributed by atoms with E-state index in [1.54, 1.807) is 11.3 Å². The van der Waals surface area contributed by atoms with Crippen molar-refractivity contribution in [2.45, 2.75) is 26.4 Å². The average Bonchev–Trinajstić information content (AvgIpc) is 2.68. The first-order valence-corrected chi connectivity index (χ1v) is 6.00. The topological polar surface area (TPSA) is 29.3 Å². The number of nitrogens with zero attached hydrogens (tertiary/aromatic N) is 1. The fourth-order valence-electron chi connectivity index (χ4n) is 1.45. The number of hydrogen-bond donors (Lipinski definition) is 1. The van der Waals surface area contributed by atoms with Gasteiger partial charge in [-0.1, -0.05) is 6.92 Å². The first-order valence-electron chi connectivity index (χ1n) is 5.06. The van der Waals surface area contributed by atoms with E-state index in [4.69, 9.17) is 5.73 Å². The van der Waals surface area contributed by atoms with Crippen molar-refractivity contribution in [3.05, 3.63) is 22.4 Å². The van der Waals surface area contributed by atoms with Gasteiger partial charge in [-0.05, 0) is 48.8 Å². The summed E-state index contributed by atoms with van der Waals surface area (Å²) >= 11 is 1.76. The Labute approximate surface area is 90.7 Å². The minimum Gasteiger partial charge on any atom is -0.330 e. The van der Waals surface area contributed by atoms with E-state index in [-0.39, 0.29) is 0 Å². The van der Waals surface area contributed by atoms with Gasteiger partial charge in [-0.2, -0.15) is 11.3 Å². The van der Waals surface area contributed by atoms with Gasteiger partial charge in [0.15, 0.2) is 0 Å². The van der Waals surface area contributed by atoms with E-state index >= 15 is 0 Å². The Morgan fingerprint density at radius 2 is 2.21 bits per heavy atom. The molecule has 0 aliphatic rings. The molecule has 3 heteroatoms. The molecule has 0 aliphatic carbocycles. The lowest BCUT2D eigenvalue weighted by atomic mass is 10.0. The smallest absolute Gasteiger partial charge is 0.0241 e. The highest BCUT2D eigenvalue weighted by atomic mass is 32.1. The van der Waals surface area contributed by atoms with Crippen molar-refractivity contribution in [3.8, 4) is 0 Å². The Kier molecular flexibility index (Phi) is 4.58. The molecule has 2 unspecified atom stereocenters. The Hall–Kier alpha value is -0.380. The minimum absolute atomic E-state index is 0.542. The van der Waals surface area contributed by atoms with E-state index in [2.05, 4.69) is 42.6 Å². The molecule has 14 heavy (non-hydrogen) atoms. The van der Waals surface area contributed by atoms with Gasteiger partial charge in [0.1, 0.15) is 0 Å². The number of thiophene rings is 1. The van der Waals surface area contributed by atoms with Crippen LogP contribution in [0, 0.1) is 5.92 Å². The summed E-state index contributed by atoms with van der Waals surface area (Å²) in [5.41, 5.74) is 7.06. The third-order valence-corrected chi connectivity index (χ3v) is 3.63. The van der Waals surface area contributed by atoms with Crippen LogP contribution in [0.1, 0.15) is 19.4 Å². The van der Waals surface area contributed by atoms with Crippen LogP contribution in [-0.4, -0.2) is 24.5 Å². The first-order chi connectivity index (χ1) is 6.65. The molecule has 80 valence electrons. The second-order valence-electron chi connectivity index (χ2n) is 4.00. The SMILES string of the molecule is CC(CN)C(C)N(C)Cc1ccsc1. The molecule has 0 aromatic carbocycles. The molecule has 1 heterocycles. The van der Waals surface area contributed by atoms with Crippen LogP contribution in [-0.2, 0) is 6.54 Å². The zero-order valence-corrected chi connectivity index (χ0v) is 10.1. The van der Waals surface area contributed by atoms with Crippen molar-refractivity contribution in [2.75, 3.05) is 13.6 Å². The monoisotopic (exact) mass is 212 g/mol. The summed E-state index contributed by atoms with van der Waals surface area (Å²) in [4.78, 5) is 2.36. The van der Waals surface area contributed by atoms with Gasteiger partial charge in [0.05, 0.1) is 0 Å². The number of rotatable bonds is 5. The molecule has 0 amide bonds. The number of hydrogen-bond acceptors (Lipinski definition) is 3. The lowest BCUT2D eigenvalue weighted by Crippen LogP contribution is -2.37. The van der Waals surface area contributed by atoms with E-state index in [9.17, 15) is 0 Å². The fourth-order valence-corrected chi connectivity index (χ4v) is 2.11. The van der Waals surface area contributed by atoms with Crippen molar-refractivity contribution < 1.29 is 0 Å². The Morgan fingerprint density at radius 3 is 2.71 bits per heavy atom. The summed E-state index contributed by atoms with van der Waals surface area (Å²) in [5.74, 6) is 0.554. The third-order valence-electron chi connectivity index (χ3n) is 2.90. The zero-order chi connectivity index (χ0) is 10.6. The van der Waals surface area contributed by atoms with Gasteiger partial charge in [0, 0.05) is 12.6 Å². The lowest BCUT2D eigenvalue weighted by Gasteiger charge is -2.28. The van der Waals surface area contributed by atoms with Crippen LogP contribution in [0.4, 0.5) is 0 Å². The molecule has 1 rings (SSSR count). The maximum Gasteiger partial charge on any atom is 0.0241 e. The van der Waals surface area contributed by atoms with Crippen LogP contribution in [0.2, 0.25) is 0 Å².